The van der Waals surface area contributed by atoms with Crippen LogP contribution >= 0.6 is 0 Å². The number of likely N-dealkylation sites (tertiary alicyclic amines) is 1. The van der Waals surface area contributed by atoms with Crippen molar-refractivity contribution in [2.24, 2.45) is 0 Å². The molecule has 1 aromatic rings. The summed E-state index contributed by atoms with van der Waals surface area (Å²) in [5.74, 6) is -0.0428. The molecule has 1 aliphatic heterocycles. The molecule has 1 N–H and O–H groups in total. The molecule has 5 nitrogen and oxygen atoms in total. The SMILES string of the molecule is Cc1ccccc1C(=O)NC1CCN(C(=O)OC(C)(C)C)CC1. The predicted molar refractivity (Wildman–Crippen MR) is 89.5 cm³/mol. The van der Waals surface area contributed by atoms with Gasteiger partial charge in [0, 0.05) is 24.7 Å². The minimum Gasteiger partial charge on any atom is -0.444 e. The third-order valence-corrected chi connectivity index (χ3v) is 3.87. The van der Waals surface area contributed by atoms with Gasteiger partial charge < -0.3 is 15.0 Å². The molecular formula is C18H26N2O3. The highest BCUT2D eigenvalue weighted by molar-refractivity contribution is 5.95. The number of ether oxygens (including phenoxy) is 1. The highest BCUT2D eigenvalue weighted by Gasteiger charge is 2.27. The maximum absolute atomic E-state index is 12.3. The largest absolute Gasteiger partial charge is 0.444 e. The van der Waals surface area contributed by atoms with Crippen molar-refractivity contribution >= 4 is 12.0 Å². The van der Waals surface area contributed by atoms with Gasteiger partial charge in [-0.1, -0.05) is 18.2 Å². The van der Waals surface area contributed by atoms with Crippen LogP contribution in [0, 0.1) is 6.92 Å². The topological polar surface area (TPSA) is 58.6 Å². The molecule has 0 atom stereocenters. The molecule has 0 aliphatic carbocycles. The number of hydrogen-bond acceptors (Lipinski definition) is 3. The van der Waals surface area contributed by atoms with Gasteiger partial charge in [0.2, 0.25) is 0 Å². The first-order valence-corrected chi connectivity index (χ1v) is 8.11. The zero-order valence-corrected chi connectivity index (χ0v) is 14.4. The van der Waals surface area contributed by atoms with Crippen molar-refractivity contribution in [1.82, 2.24) is 10.2 Å². The first kappa shape index (κ1) is 17.3. The fraction of sp³-hybridized carbons (Fsp3) is 0.556. The number of amides is 2. The summed E-state index contributed by atoms with van der Waals surface area (Å²) in [6.07, 6.45) is 1.22. The third-order valence-electron chi connectivity index (χ3n) is 3.87. The Morgan fingerprint density at radius 1 is 1.17 bits per heavy atom. The quantitative estimate of drug-likeness (QED) is 0.911. The fourth-order valence-corrected chi connectivity index (χ4v) is 2.62. The second-order valence-corrected chi connectivity index (χ2v) is 7.03. The number of carbonyl (C=O) groups is 2. The third kappa shape index (κ3) is 4.98. The Morgan fingerprint density at radius 2 is 1.78 bits per heavy atom. The van der Waals surface area contributed by atoms with Crippen LogP contribution in [0.2, 0.25) is 0 Å². The lowest BCUT2D eigenvalue weighted by Gasteiger charge is -2.33. The number of rotatable bonds is 2. The Balaban J connectivity index is 1.84. The first-order valence-electron chi connectivity index (χ1n) is 8.11. The van der Waals surface area contributed by atoms with Gasteiger partial charge in [-0.15, -0.1) is 0 Å². The summed E-state index contributed by atoms with van der Waals surface area (Å²) in [5.41, 5.74) is 1.20. The summed E-state index contributed by atoms with van der Waals surface area (Å²) in [6.45, 7) is 8.72. The van der Waals surface area contributed by atoms with Gasteiger partial charge in [0.1, 0.15) is 5.60 Å². The van der Waals surface area contributed by atoms with E-state index in [1.165, 1.54) is 0 Å². The predicted octanol–water partition coefficient (Wildman–Crippen LogP) is 3.12. The number of carbonyl (C=O) groups excluding carboxylic acids is 2. The van der Waals surface area contributed by atoms with E-state index in [9.17, 15) is 9.59 Å². The molecule has 5 heteroatoms. The average molecular weight is 318 g/mol. The average Bonchev–Trinajstić information content (AvgIpc) is 2.46. The fourth-order valence-electron chi connectivity index (χ4n) is 2.62. The molecule has 1 fully saturated rings. The molecule has 2 amide bonds. The minimum atomic E-state index is -0.479. The molecule has 1 heterocycles. The molecule has 0 radical (unpaired) electrons. The van der Waals surface area contributed by atoms with E-state index < -0.39 is 5.60 Å². The normalized spacial score (nSPS) is 16.1. The van der Waals surface area contributed by atoms with Crippen LogP contribution in [-0.4, -0.2) is 41.6 Å². The van der Waals surface area contributed by atoms with E-state index >= 15 is 0 Å². The molecule has 0 aromatic heterocycles. The van der Waals surface area contributed by atoms with Crippen molar-refractivity contribution < 1.29 is 14.3 Å². The Kier molecular flexibility index (Phi) is 5.29. The standard InChI is InChI=1S/C18H26N2O3/c1-13-7-5-6-8-15(13)16(21)19-14-9-11-20(12-10-14)17(22)23-18(2,3)4/h5-8,14H,9-12H2,1-4H3,(H,19,21). The summed E-state index contributed by atoms with van der Waals surface area (Å²) in [7, 11) is 0. The lowest BCUT2D eigenvalue weighted by Crippen LogP contribution is -2.47. The molecule has 1 saturated heterocycles. The van der Waals surface area contributed by atoms with Gasteiger partial charge in [0.15, 0.2) is 0 Å². The van der Waals surface area contributed by atoms with Crippen LogP contribution in [0.25, 0.3) is 0 Å². The number of benzene rings is 1. The van der Waals surface area contributed by atoms with E-state index in [0.717, 1.165) is 18.4 Å². The highest BCUT2D eigenvalue weighted by atomic mass is 16.6. The van der Waals surface area contributed by atoms with E-state index in [2.05, 4.69) is 5.32 Å². The molecule has 23 heavy (non-hydrogen) atoms. The molecular weight excluding hydrogens is 292 g/mol. The van der Waals surface area contributed by atoms with Crippen LogP contribution in [0.4, 0.5) is 4.79 Å². The number of aryl methyl sites for hydroxylation is 1. The van der Waals surface area contributed by atoms with E-state index in [4.69, 9.17) is 4.74 Å². The van der Waals surface area contributed by atoms with Gasteiger partial charge in [0.25, 0.3) is 5.91 Å². The Morgan fingerprint density at radius 3 is 2.35 bits per heavy atom. The van der Waals surface area contributed by atoms with Gasteiger partial charge in [-0.3, -0.25) is 4.79 Å². The van der Waals surface area contributed by atoms with Crippen molar-refractivity contribution in [3.63, 3.8) is 0 Å². The molecule has 0 spiro atoms. The molecule has 0 saturated carbocycles. The van der Waals surface area contributed by atoms with E-state index in [1.807, 2.05) is 52.0 Å². The smallest absolute Gasteiger partial charge is 0.410 e. The minimum absolute atomic E-state index is 0.0428. The van der Waals surface area contributed by atoms with Gasteiger partial charge in [-0.25, -0.2) is 4.79 Å². The summed E-state index contributed by atoms with van der Waals surface area (Å²) in [5, 5.41) is 3.07. The van der Waals surface area contributed by atoms with E-state index in [0.29, 0.717) is 18.7 Å². The number of nitrogens with one attached hydrogen (secondary N) is 1. The monoisotopic (exact) mass is 318 g/mol. The van der Waals surface area contributed by atoms with Crippen LogP contribution in [0.15, 0.2) is 24.3 Å². The van der Waals surface area contributed by atoms with Crippen molar-refractivity contribution in [2.45, 2.75) is 52.2 Å². The van der Waals surface area contributed by atoms with Crippen molar-refractivity contribution in [3.05, 3.63) is 35.4 Å². The van der Waals surface area contributed by atoms with Crippen LogP contribution in [0.1, 0.15) is 49.5 Å². The number of piperidine rings is 1. The maximum atomic E-state index is 12.3. The molecule has 1 aromatic carbocycles. The Bertz CT molecular complexity index is 570. The zero-order valence-electron chi connectivity index (χ0n) is 14.4. The summed E-state index contributed by atoms with van der Waals surface area (Å²) < 4.78 is 5.38. The van der Waals surface area contributed by atoms with Crippen molar-refractivity contribution in [3.8, 4) is 0 Å². The molecule has 126 valence electrons. The second-order valence-electron chi connectivity index (χ2n) is 7.03. The second kappa shape index (κ2) is 7.02. The zero-order chi connectivity index (χ0) is 17.0. The molecule has 1 aliphatic rings. The number of hydrogen-bond donors (Lipinski definition) is 1. The summed E-state index contributed by atoms with van der Waals surface area (Å²) >= 11 is 0. The first-order chi connectivity index (χ1) is 10.8. The molecule has 0 bridgehead atoms. The maximum Gasteiger partial charge on any atom is 0.410 e. The molecule has 2 rings (SSSR count). The van der Waals surface area contributed by atoms with E-state index in [1.54, 1.807) is 4.90 Å². The lowest BCUT2D eigenvalue weighted by molar-refractivity contribution is 0.0199. The van der Waals surface area contributed by atoms with Crippen LogP contribution in [-0.2, 0) is 4.74 Å². The Labute approximate surface area is 138 Å². The van der Waals surface area contributed by atoms with Gasteiger partial charge in [0.05, 0.1) is 0 Å². The lowest BCUT2D eigenvalue weighted by atomic mass is 10.0. The van der Waals surface area contributed by atoms with Crippen molar-refractivity contribution in [1.29, 1.82) is 0 Å². The summed E-state index contributed by atoms with van der Waals surface area (Å²) in [6, 6.07) is 7.65. The molecule has 0 unspecified atom stereocenters. The van der Waals surface area contributed by atoms with Crippen LogP contribution < -0.4 is 5.32 Å². The van der Waals surface area contributed by atoms with Crippen LogP contribution in [0.5, 0.6) is 0 Å². The summed E-state index contributed by atoms with van der Waals surface area (Å²) in [4.78, 5) is 26.1. The van der Waals surface area contributed by atoms with Crippen molar-refractivity contribution in [2.75, 3.05) is 13.1 Å². The Hall–Kier alpha value is -2.04. The van der Waals surface area contributed by atoms with Crippen LogP contribution in [0.3, 0.4) is 0 Å². The van der Waals surface area contributed by atoms with E-state index in [-0.39, 0.29) is 18.0 Å². The number of nitrogens with zero attached hydrogens (tertiary/aromatic N) is 1. The van der Waals surface area contributed by atoms with Gasteiger partial charge in [-0.2, -0.15) is 0 Å². The highest BCUT2D eigenvalue weighted by Crippen LogP contribution is 2.16. The van der Waals surface area contributed by atoms with Gasteiger partial charge >= 0.3 is 6.09 Å². The van der Waals surface area contributed by atoms with Gasteiger partial charge in [-0.05, 0) is 52.2 Å².